The monoisotopic (exact) mass is 323 g/mol. The third kappa shape index (κ3) is 3.39. The van der Waals surface area contributed by atoms with Crippen molar-refractivity contribution < 1.29 is 17.9 Å². The second kappa shape index (κ2) is 7.07. The summed E-state index contributed by atoms with van der Waals surface area (Å²) in [4.78, 5) is 12.2. The van der Waals surface area contributed by atoms with E-state index >= 15 is 0 Å². The third-order valence-corrected chi connectivity index (χ3v) is 5.66. The van der Waals surface area contributed by atoms with Crippen molar-refractivity contribution in [2.45, 2.75) is 37.1 Å². The predicted molar refractivity (Wildman–Crippen MR) is 84.7 cm³/mol. The number of nitrogens with zero attached hydrogens (tertiary/aromatic N) is 1. The largest absolute Gasteiger partial charge is 0.465 e. The van der Waals surface area contributed by atoms with Gasteiger partial charge in [-0.3, -0.25) is 4.79 Å². The van der Waals surface area contributed by atoms with Crippen LogP contribution in [0.2, 0.25) is 0 Å². The third-order valence-electron chi connectivity index (χ3n) is 3.73. The minimum absolute atomic E-state index is 0.189. The Morgan fingerprint density at radius 2 is 2.05 bits per heavy atom. The Balaban J connectivity index is 2.31. The van der Waals surface area contributed by atoms with E-state index in [0.29, 0.717) is 13.0 Å². The molecule has 5 nitrogen and oxygen atoms in total. The van der Waals surface area contributed by atoms with Gasteiger partial charge in [-0.05, 0) is 43.9 Å². The van der Waals surface area contributed by atoms with Crippen LogP contribution in [0.3, 0.4) is 0 Å². The molecule has 1 saturated heterocycles. The van der Waals surface area contributed by atoms with Crippen molar-refractivity contribution in [1.82, 2.24) is 4.31 Å². The summed E-state index contributed by atoms with van der Waals surface area (Å²) in [6, 6.07) is 5.76. The maximum Gasteiger partial charge on any atom is 0.324 e. The molecule has 0 amide bonds. The summed E-state index contributed by atoms with van der Waals surface area (Å²) in [5.74, 6) is -0.464. The lowest BCUT2D eigenvalue weighted by atomic mass is 10.1. The molecule has 1 aliphatic rings. The number of sulfonamides is 1. The number of rotatable bonds is 5. The first kappa shape index (κ1) is 16.7. The Labute approximate surface area is 131 Å². The summed E-state index contributed by atoms with van der Waals surface area (Å²) in [6.45, 7) is 5.95. The average Bonchev–Trinajstić information content (AvgIpc) is 2.55. The van der Waals surface area contributed by atoms with E-state index in [4.69, 9.17) is 4.74 Å². The first-order valence-electron chi connectivity index (χ1n) is 7.41. The molecule has 0 N–H and O–H groups in total. The van der Waals surface area contributed by atoms with Crippen LogP contribution >= 0.6 is 0 Å². The quantitative estimate of drug-likeness (QED) is 0.781. The number of ether oxygens (including phenoxy) is 1. The van der Waals surface area contributed by atoms with E-state index in [0.717, 1.165) is 18.4 Å². The Hall–Kier alpha value is -1.66. The van der Waals surface area contributed by atoms with E-state index in [2.05, 4.69) is 6.58 Å². The number of carbonyl (C=O) groups is 1. The molecule has 1 unspecified atom stereocenters. The summed E-state index contributed by atoms with van der Waals surface area (Å²) in [5.41, 5.74) is 0.847. The summed E-state index contributed by atoms with van der Waals surface area (Å²) in [6.07, 6.45) is 3.73. The summed E-state index contributed by atoms with van der Waals surface area (Å²) < 4.78 is 31.9. The molecule has 0 bridgehead atoms. The Bertz CT molecular complexity index is 637. The number of hydrogen-bond donors (Lipinski definition) is 0. The molecule has 1 heterocycles. The standard InChI is InChI=1S/C16H21NO4S/c1-3-13-8-10-14(11-9-13)22(19,20)17-12-6-5-7-15(17)16(18)21-4-2/h3,8-11,15H,1,4-7,12H2,2H3. The summed E-state index contributed by atoms with van der Waals surface area (Å²) in [5, 5.41) is 0. The fourth-order valence-corrected chi connectivity index (χ4v) is 4.22. The lowest BCUT2D eigenvalue weighted by Crippen LogP contribution is -2.48. The van der Waals surface area contributed by atoms with Gasteiger partial charge < -0.3 is 4.74 Å². The first-order valence-corrected chi connectivity index (χ1v) is 8.85. The first-order chi connectivity index (χ1) is 10.5. The number of esters is 1. The zero-order valence-corrected chi connectivity index (χ0v) is 13.5. The Morgan fingerprint density at radius 3 is 2.64 bits per heavy atom. The van der Waals surface area contributed by atoms with Gasteiger partial charge in [0.05, 0.1) is 11.5 Å². The van der Waals surface area contributed by atoms with Gasteiger partial charge in [0, 0.05) is 6.54 Å². The average molecular weight is 323 g/mol. The van der Waals surface area contributed by atoms with Gasteiger partial charge in [-0.25, -0.2) is 8.42 Å². The molecule has 0 radical (unpaired) electrons. The topological polar surface area (TPSA) is 63.7 Å². The summed E-state index contributed by atoms with van der Waals surface area (Å²) >= 11 is 0. The Kier molecular flexibility index (Phi) is 5.37. The lowest BCUT2D eigenvalue weighted by Gasteiger charge is -2.32. The number of piperidine rings is 1. The van der Waals surface area contributed by atoms with Gasteiger partial charge in [0.2, 0.25) is 10.0 Å². The van der Waals surface area contributed by atoms with Gasteiger partial charge in [-0.15, -0.1) is 0 Å². The molecule has 0 saturated carbocycles. The van der Waals surface area contributed by atoms with Crippen LogP contribution in [0.4, 0.5) is 0 Å². The van der Waals surface area contributed by atoms with Crippen molar-refractivity contribution in [3.8, 4) is 0 Å². The molecule has 0 aliphatic carbocycles. The SMILES string of the molecule is C=Cc1ccc(S(=O)(=O)N2CCCCC2C(=O)OCC)cc1. The molecular formula is C16H21NO4S. The van der Waals surface area contributed by atoms with Gasteiger partial charge in [-0.2, -0.15) is 4.31 Å². The highest BCUT2D eigenvalue weighted by Gasteiger charge is 2.38. The molecule has 1 aromatic carbocycles. The maximum absolute atomic E-state index is 12.8. The number of hydrogen-bond acceptors (Lipinski definition) is 4. The van der Waals surface area contributed by atoms with Crippen LogP contribution < -0.4 is 0 Å². The van der Waals surface area contributed by atoms with Crippen molar-refractivity contribution in [2.75, 3.05) is 13.2 Å². The second-order valence-corrected chi connectivity index (χ2v) is 7.04. The zero-order valence-electron chi connectivity index (χ0n) is 12.7. The predicted octanol–water partition coefficient (Wildman–Crippen LogP) is 2.44. The molecule has 22 heavy (non-hydrogen) atoms. The molecule has 2 rings (SSSR count). The number of carbonyl (C=O) groups excluding carboxylic acids is 1. The van der Waals surface area contributed by atoms with Crippen LogP contribution in [-0.4, -0.2) is 37.9 Å². The van der Waals surface area contributed by atoms with Crippen molar-refractivity contribution >= 4 is 22.1 Å². The van der Waals surface area contributed by atoms with Crippen LogP contribution in [-0.2, 0) is 19.6 Å². The van der Waals surface area contributed by atoms with Crippen molar-refractivity contribution in [3.63, 3.8) is 0 Å². The molecule has 1 aromatic rings. The van der Waals surface area contributed by atoms with Crippen LogP contribution in [0.25, 0.3) is 6.08 Å². The fraction of sp³-hybridized carbons (Fsp3) is 0.438. The molecule has 6 heteroatoms. The molecule has 1 fully saturated rings. The lowest BCUT2D eigenvalue weighted by molar-refractivity contribution is -0.148. The van der Waals surface area contributed by atoms with E-state index in [9.17, 15) is 13.2 Å². The van der Waals surface area contributed by atoms with Gasteiger partial charge in [0.25, 0.3) is 0 Å². The van der Waals surface area contributed by atoms with E-state index in [1.165, 1.54) is 4.31 Å². The zero-order chi connectivity index (χ0) is 16.2. The van der Waals surface area contributed by atoms with E-state index in [-0.39, 0.29) is 11.5 Å². The minimum atomic E-state index is -3.70. The molecule has 1 aliphatic heterocycles. The normalized spacial score (nSPS) is 19.6. The smallest absolute Gasteiger partial charge is 0.324 e. The highest BCUT2D eigenvalue weighted by atomic mass is 32.2. The highest BCUT2D eigenvalue weighted by Crippen LogP contribution is 2.26. The van der Waals surface area contributed by atoms with E-state index in [1.807, 2.05) is 0 Å². The molecule has 120 valence electrons. The van der Waals surface area contributed by atoms with Crippen molar-refractivity contribution in [2.24, 2.45) is 0 Å². The van der Waals surface area contributed by atoms with E-state index < -0.39 is 22.0 Å². The van der Waals surface area contributed by atoms with Gasteiger partial charge in [-0.1, -0.05) is 24.8 Å². The van der Waals surface area contributed by atoms with Gasteiger partial charge in [0.1, 0.15) is 6.04 Å². The molecule has 0 aromatic heterocycles. The van der Waals surface area contributed by atoms with Gasteiger partial charge in [0.15, 0.2) is 0 Å². The minimum Gasteiger partial charge on any atom is -0.465 e. The fourth-order valence-electron chi connectivity index (χ4n) is 2.58. The Morgan fingerprint density at radius 1 is 1.36 bits per heavy atom. The van der Waals surface area contributed by atoms with Crippen molar-refractivity contribution in [1.29, 1.82) is 0 Å². The van der Waals surface area contributed by atoms with Gasteiger partial charge >= 0.3 is 5.97 Å². The maximum atomic E-state index is 12.8. The molecule has 1 atom stereocenters. The summed E-state index contributed by atoms with van der Waals surface area (Å²) in [7, 11) is -3.70. The van der Waals surface area contributed by atoms with Crippen LogP contribution in [0.5, 0.6) is 0 Å². The van der Waals surface area contributed by atoms with Crippen LogP contribution in [0, 0.1) is 0 Å². The molecular weight excluding hydrogens is 302 g/mol. The second-order valence-electron chi connectivity index (χ2n) is 5.15. The van der Waals surface area contributed by atoms with Crippen LogP contribution in [0.1, 0.15) is 31.7 Å². The van der Waals surface area contributed by atoms with Crippen molar-refractivity contribution in [3.05, 3.63) is 36.4 Å². The van der Waals surface area contributed by atoms with E-state index in [1.54, 1.807) is 37.3 Å². The number of benzene rings is 1. The van der Waals surface area contributed by atoms with Crippen LogP contribution in [0.15, 0.2) is 35.7 Å². The highest BCUT2D eigenvalue weighted by molar-refractivity contribution is 7.89. The molecule has 0 spiro atoms.